The highest BCUT2D eigenvalue weighted by Gasteiger charge is 2.10. The van der Waals surface area contributed by atoms with E-state index >= 15 is 0 Å². The number of halogens is 1. The fourth-order valence-electron chi connectivity index (χ4n) is 1.40. The molecule has 1 aromatic rings. The van der Waals surface area contributed by atoms with Crippen molar-refractivity contribution in [2.45, 2.75) is 19.5 Å². The summed E-state index contributed by atoms with van der Waals surface area (Å²) in [5, 5.41) is 5.81. The van der Waals surface area contributed by atoms with E-state index in [4.69, 9.17) is 4.74 Å². The predicted octanol–water partition coefficient (Wildman–Crippen LogP) is 1.07. The fourth-order valence-corrected chi connectivity index (χ4v) is 1.40. The molecule has 1 unspecified atom stereocenters. The van der Waals surface area contributed by atoms with Gasteiger partial charge < -0.3 is 15.4 Å². The summed E-state index contributed by atoms with van der Waals surface area (Å²) in [6, 6.07) is 5.89. The summed E-state index contributed by atoms with van der Waals surface area (Å²) in [6.45, 7) is 3.30. The maximum Gasteiger partial charge on any atom is 0.236 e. The zero-order valence-corrected chi connectivity index (χ0v) is 10.7. The quantitative estimate of drug-likeness (QED) is 0.716. The standard InChI is InChI=1S/C13H19FN2O2/c1-10(13(17)15-7-8-18-2)16-9-11-3-5-12(14)6-4-11/h3-6,10,16H,7-9H2,1-2H3,(H,15,17). The molecule has 0 aliphatic rings. The van der Waals surface area contributed by atoms with Crippen LogP contribution in [0.1, 0.15) is 12.5 Å². The van der Waals surface area contributed by atoms with E-state index in [1.165, 1.54) is 12.1 Å². The van der Waals surface area contributed by atoms with E-state index in [1.807, 2.05) is 0 Å². The average molecular weight is 254 g/mol. The van der Waals surface area contributed by atoms with Gasteiger partial charge in [0.2, 0.25) is 5.91 Å². The van der Waals surface area contributed by atoms with Crippen LogP contribution in [0.2, 0.25) is 0 Å². The normalized spacial score (nSPS) is 12.2. The van der Waals surface area contributed by atoms with Crippen molar-refractivity contribution >= 4 is 5.91 Å². The summed E-state index contributed by atoms with van der Waals surface area (Å²) in [7, 11) is 1.59. The van der Waals surface area contributed by atoms with Crippen LogP contribution in [0, 0.1) is 5.82 Å². The third-order valence-corrected chi connectivity index (χ3v) is 2.52. The Morgan fingerprint density at radius 1 is 1.39 bits per heavy atom. The van der Waals surface area contributed by atoms with E-state index in [9.17, 15) is 9.18 Å². The van der Waals surface area contributed by atoms with Gasteiger partial charge in [-0.2, -0.15) is 0 Å². The van der Waals surface area contributed by atoms with Crippen LogP contribution < -0.4 is 10.6 Å². The summed E-state index contributed by atoms with van der Waals surface area (Å²) in [5.74, 6) is -0.335. The first-order valence-corrected chi connectivity index (χ1v) is 5.88. The van der Waals surface area contributed by atoms with Crippen LogP contribution in [0.3, 0.4) is 0 Å². The van der Waals surface area contributed by atoms with Crippen LogP contribution in [0.15, 0.2) is 24.3 Å². The Morgan fingerprint density at radius 3 is 2.67 bits per heavy atom. The van der Waals surface area contributed by atoms with Gasteiger partial charge in [-0.15, -0.1) is 0 Å². The molecular weight excluding hydrogens is 235 g/mol. The molecule has 5 heteroatoms. The minimum absolute atomic E-state index is 0.0749. The molecular formula is C13H19FN2O2. The maximum atomic E-state index is 12.7. The zero-order valence-electron chi connectivity index (χ0n) is 10.7. The molecule has 0 bridgehead atoms. The number of ether oxygens (including phenoxy) is 1. The molecule has 0 saturated heterocycles. The van der Waals surface area contributed by atoms with Crippen molar-refractivity contribution in [1.82, 2.24) is 10.6 Å². The van der Waals surface area contributed by atoms with E-state index in [0.29, 0.717) is 19.7 Å². The van der Waals surface area contributed by atoms with Crippen LogP contribution in [0.25, 0.3) is 0 Å². The highest BCUT2D eigenvalue weighted by atomic mass is 19.1. The van der Waals surface area contributed by atoms with Crippen LogP contribution in [-0.4, -0.2) is 32.2 Å². The molecule has 0 heterocycles. The Balaban J connectivity index is 2.29. The molecule has 18 heavy (non-hydrogen) atoms. The minimum atomic E-state index is -0.299. The molecule has 2 N–H and O–H groups in total. The number of carbonyl (C=O) groups is 1. The summed E-state index contributed by atoms with van der Waals surface area (Å²) in [4.78, 5) is 11.6. The first kappa shape index (κ1) is 14.6. The number of methoxy groups -OCH3 is 1. The highest BCUT2D eigenvalue weighted by molar-refractivity contribution is 5.81. The van der Waals surface area contributed by atoms with E-state index in [1.54, 1.807) is 26.2 Å². The Morgan fingerprint density at radius 2 is 2.06 bits per heavy atom. The summed E-state index contributed by atoms with van der Waals surface area (Å²) >= 11 is 0. The SMILES string of the molecule is COCCNC(=O)C(C)NCc1ccc(F)cc1. The van der Waals surface area contributed by atoms with Crippen molar-refractivity contribution in [3.8, 4) is 0 Å². The van der Waals surface area contributed by atoms with Gasteiger partial charge >= 0.3 is 0 Å². The Labute approximate surface area is 107 Å². The van der Waals surface area contributed by atoms with Crippen molar-refractivity contribution in [2.24, 2.45) is 0 Å². The molecule has 1 rings (SSSR count). The van der Waals surface area contributed by atoms with Crippen LogP contribution >= 0.6 is 0 Å². The van der Waals surface area contributed by atoms with Crippen molar-refractivity contribution in [1.29, 1.82) is 0 Å². The lowest BCUT2D eigenvalue weighted by molar-refractivity contribution is -0.122. The number of benzene rings is 1. The second-order valence-electron chi connectivity index (χ2n) is 4.01. The largest absolute Gasteiger partial charge is 0.383 e. The van der Waals surface area contributed by atoms with Gasteiger partial charge in [0.25, 0.3) is 0 Å². The predicted molar refractivity (Wildman–Crippen MR) is 67.6 cm³/mol. The molecule has 0 spiro atoms. The average Bonchev–Trinajstić information content (AvgIpc) is 2.38. The molecule has 0 aromatic heterocycles. The van der Waals surface area contributed by atoms with Crippen molar-refractivity contribution in [3.63, 3.8) is 0 Å². The maximum absolute atomic E-state index is 12.7. The Bertz CT molecular complexity index is 368. The number of hydrogen-bond acceptors (Lipinski definition) is 3. The van der Waals surface area contributed by atoms with Crippen molar-refractivity contribution in [3.05, 3.63) is 35.6 Å². The smallest absolute Gasteiger partial charge is 0.236 e. The van der Waals surface area contributed by atoms with Gasteiger partial charge in [0.1, 0.15) is 5.82 Å². The van der Waals surface area contributed by atoms with Gasteiger partial charge in [0.05, 0.1) is 12.6 Å². The van der Waals surface area contributed by atoms with Gasteiger partial charge in [0, 0.05) is 20.2 Å². The molecule has 0 aliphatic heterocycles. The van der Waals surface area contributed by atoms with Crippen molar-refractivity contribution < 1.29 is 13.9 Å². The molecule has 1 amide bonds. The van der Waals surface area contributed by atoms with E-state index in [0.717, 1.165) is 5.56 Å². The molecule has 0 saturated carbocycles. The number of nitrogens with one attached hydrogen (secondary N) is 2. The number of hydrogen-bond donors (Lipinski definition) is 2. The lowest BCUT2D eigenvalue weighted by Gasteiger charge is -2.13. The summed E-state index contributed by atoms with van der Waals surface area (Å²) in [5.41, 5.74) is 0.938. The number of carbonyl (C=O) groups excluding carboxylic acids is 1. The monoisotopic (exact) mass is 254 g/mol. The number of amides is 1. The van der Waals surface area contributed by atoms with Gasteiger partial charge in [-0.3, -0.25) is 4.79 Å². The van der Waals surface area contributed by atoms with Crippen molar-refractivity contribution in [2.75, 3.05) is 20.3 Å². The molecule has 1 atom stereocenters. The van der Waals surface area contributed by atoms with E-state index in [2.05, 4.69) is 10.6 Å². The molecule has 0 radical (unpaired) electrons. The molecule has 4 nitrogen and oxygen atoms in total. The van der Waals surface area contributed by atoms with Crippen LogP contribution in [-0.2, 0) is 16.1 Å². The summed E-state index contributed by atoms with van der Waals surface area (Å²) in [6.07, 6.45) is 0. The van der Waals surface area contributed by atoms with E-state index < -0.39 is 0 Å². The lowest BCUT2D eigenvalue weighted by Crippen LogP contribution is -2.42. The third kappa shape index (κ3) is 5.25. The second-order valence-corrected chi connectivity index (χ2v) is 4.01. The first-order chi connectivity index (χ1) is 8.63. The van der Waals surface area contributed by atoms with E-state index in [-0.39, 0.29) is 17.8 Å². The highest BCUT2D eigenvalue weighted by Crippen LogP contribution is 2.02. The molecule has 100 valence electrons. The topological polar surface area (TPSA) is 50.4 Å². The molecule has 1 aromatic carbocycles. The summed E-state index contributed by atoms with van der Waals surface area (Å²) < 4.78 is 17.5. The second kappa shape index (κ2) is 7.79. The van der Waals surface area contributed by atoms with Crippen LogP contribution in [0.5, 0.6) is 0 Å². The lowest BCUT2D eigenvalue weighted by atomic mass is 10.2. The minimum Gasteiger partial charge on any atom is -0.383 e. The zero-order chi connectivity index (χ0) is 13.4. The molecule has 0 fully saturated rings. The third-order valence-electron chi connectivity index (χ3n) is 2.52. The molecule has 0 aliphatic carbocycles. The fraction of sp³-hybridized carbons (Fsp3) is 0.462. The van der Waals surface area contributed by atoms with Gasteiger partial charge in [-0.05, 0) is 24.6 Å². The Kier molecular flexibility index (Phi) is 6.32. The van der Waals surface area contributed by atoms with Crippen LogP contribution in [0.4, 0.5) is 4.39 Å². The first-order valence-electron chi connectivity index (χ1n) is 5.88. The number of rotatable bonds is 7. The van der Waals surface area contributed by atoms with Gasteiger partial charge in [-0.1, -0.05) is 12.1 Å². The van der Waals surface area contributed by atoms with Gasteiger partial charge in [0.15, 0.2) is 0 Å². The van der Waals surface area contributed by atoms with Gasteiger partial charge in [-0.25, -0.2) is 4.39 Å². The Hall–Kier alpha value is -1.46.